The van der Waals surface area contributed by atoms with Gasteiger partial charge in [0.25, 0.3) is 0 Å². The van der Waals surface area contributed by atoms with Crippen LogP contribution in [0.1, 0.15) is 36.1 Å². The van der Waals surface area contributed by atoms with Crippen molar-refractivity contribution in [2.45, 2.75) is 38.1 Å². The minimum Gasteiger partial charge on any atom is -0.339 e. The molecule has 2 unspecified atom stereocenters. The summed E-state index contributed by atoms with van der Waals surface area (Å²) in [5.41, 5.74) is 1.31. The number of fused-ring (bicyclic) bond motifs is 1. The number of carbonyl (C=O) groups excluding carboxylic acids is 1. The Bertz CT molecular complexity index is 448. The fourth-order valence-corrected chi connectivity index (χ4v) is 4.08. The van der Waals surface area contributed by atoms with Crippen LogP contribution in [0.3, 0.4) is 0 Å². The topological polar surface area (TPSA) is 32.3 Å². The van der Waals surface area contributed by atoms with Gasteiger partial charge in [-0.25, -0.2) is 0 Å². The summed E-state index contributed by atoms with van der Waals surface area (Å²) in [5.74, 6) is 0.480. The van der Waals surface area contributed by atoms with Crippen LogP contribution in [0, 0.1) is 0 Å². The van der Waals surface area contributed by atoms with Crippen LogP contribution in [0.2, 0.25) is 0 Å². The Balaban J connectivity index is 0.00000133. The van der Waals surface area contributed by atoms with Crippen LogP contribution in [0.15, 0.2) is 11.4 Å². The molecule has 106 valence electrons. The average molecular weight is 301 g/mol. The highest BCUT2D eigenvalue weighted by molar-refractivity contribution is 7.10. The smallest absolute Gasteiger partial charge is 0.230 e. The van der Waals surface area contributed by atoms with Crippen LogP contribution >= 0.6 is 23.7 Å². The summed E-state index contributed by atoms with van der Waals surface area (Å²) in [6.07, 6.45) is 3.35. The molecule has 1 aromatic rings. The molecule has 1 N–H and O–H groups in total. The van der Waals surface area contributed by atoms with Crippen molar-refractivity contribution in [1.29, 1.82) is 0 Å². The largest absolute Gasteiger partial charge is 0.339 e. The number of amides is 1. The van der Waals surface area contributed by atoms with Crippen molar-refractivity contribution >= 4 is 29.7 Å². The van der Waals surface area contributed by atoms with E-state index in [-0.39, 0.29) is 18.3 Å². The lowest BCUT2D eigenvalue weighted by molar-refractivity contribution is -0.134. The number of nitrogens with one attached hydrogen (secondary N) is 1. The van der Waals surface area contributed by atoms with Crippen molar-refractivity contribution in [3.05, 3.63) is 21.9 Å². The first-order valence-corrected chi connectivity index (χ1v) is 7.72. The normalized spacial score (nSPS) is 26.5. The van der Waals surface area contributed by atoms with E-state index in [2.05, 4.69) is 28.6 Å². The van der Waals surface area contributed by atoms with E-state index in [0.717, 1.165) is 38.9 Å². The maximum absolute atomic E-state index is 12.7. The van der Waals surface area contributed by atoms with Crippen molar-refractivity contribution in [2.75, 3.05) is 19.6 Å². The molecule has 3 nitrogen and oxygen atoms in total. The molecule has 3 rings (SSSR count). The molecule has 1 saturated heterocycles. The predicted molar refractivity (Wildman–Crippen MR) is 81.3 cm³/mol. The van der Waals surface area contributed by atoms with Gasteiger partial charge in [-0.15, -0.1) is 23.7 Å². The Hall–Kier alpha value is -0.580. The summed E-state index contributed by atoms with van der Waals surface area (Å²) < 4.78 is 0. The van der Waals surface area contributed by atoms with Crippen LogP contribution in [0.4, 0.5) is 0 Å². The minimum absolute atomic E-state index is 0. The molecule has 0 radical (unpaired) electrons. The van der Waals surface area contributed by atoms with Crippen LogP contribution in [0.25, 0.3) is 0 Å². The van der Waals surface area contributed by atoms with Gasteiger partial charge in [0.2, 0.25) is 5.91 Å². The number of halogens is 1. The monoisotopic (exact) mass is 300 g/mol. The highest BCUT2D eigenvalue weighted by Gasteiger charge is 2.32. The van der Waals surface area contributed by atoms with Crippen molar-refractivity contribution in [2.24, 2.45) is 0 Å². The van der Waals surface area contributed by atoms with Crippen molar-refractivity contribution in [3.8, 4) is 0 Å². The van der Waals surface area contributed by atoms with Gasteiger partial charge in [-0.2, -0.15) is 0 Å². The van der Waals surface area contributed by atoms with Gasteiger partial charge in [-0.05, 0) is 43.2 Å². The minimum atomic E-state index is 0. The highest BCUT2D eigenvalue weighted by atomic mass is 35.5. The molecule has 1 aromatic heterocycles. The van der Waals surface area contributed by atoms with Gasteiger partial charge in [0.15, 0.2) is 0 Å². The molecule has 2 heterocycles. The Kier molecular flexibility index (Phi) is 4.87. The lowest BCUT2D eigenvalue weighted by Gasteiger charge is -2.35. The molecule has 0 saturated carbocycles. The van der Waals surface area contributed by atoms with E-state index in [9.17, 15) is 4.79 Å². The number of aryl methyl sites for hydroxylation is 1. The van der Waals surface area contributed by atoms with E-state index in [0.29, 0.717) is 11.9 Å². The van der Waals surface area contributed by atoms with Crippen LogP contribution < -0.4 is 5.32 Å². The molecule has 1 aliphatic carbocycles. The summed E-state index contributed by atoms with van der Waals surface area (Å²) in [7, 11) is 0. The summed E-state index contributed by atoms with van der Waals surface area (Å²) >= 11 is 1.81. The first kappa shape index (κ1) is 14.8. The van der Waals surface area contributed by atoms with Crippen molar-refractivity contribution in [1.82, 2.24) is 10.2 Å². The molecular formula is C14H21ClN2OS. The number of carbonyl (C=O) groups is 1. The molecule has 2 aliphatic rings. The number of thiophene rings is 1. The molecule has 5 heteroatoms. The van der Waals surface area contributed by atoms with Gasteiger partial charge >= 0.3 is 0 Å². The zero-order valence-electron chi connectivity index (χ0n) is 11.2. The Morgan fingerprint density at radius 2 is 2.37 bits per heavy atom. The van der Waals surface area contributed by atoms with Crippen LogP contribution in [-0.4, -0.2) is 36.5 Å². The zero-order valence-corrected chi connectivity index (χ0v) is 12.9. The predicted octanol–water partition coefficient (Wildman–Crippen LogP) is 2.41. The molecule has 0 aromatic carbocycles. The standard InChI is InChI=1S/C14H20N2OS.ClH/c1-10-9-16(7-6-15-10)14(17)12-3-2-4-13-11(12)5-8-18-13;/h5,8,10,12,15H,2-4,6-7,9H2,1H3;1H. The number of nitrogens with zero attached hydrogens (tertiary/aromatic N) is 1. The highest BCUT2D eigenvalue weighted by Crippen LogP contribution is 2.36. The number of rotatable bonds is 1. The third kappa shape index (κ3) is 2.96. The van der Waals surface area contributed by atoms with E-state index in [4.69, 9.17) is 0 Å². The van der Waals surface area contributed by atoms with Gasteiger partial charge in [-0.3, -0.25) is 4.79 Å². The van der Waals surface area contributed by atoms with Gasteiger partial charge < -0.3 is 10.2 Å². The molecule has 2 atom stereocenters. The summed E-state index contributed by atoms with van der Waals surface area (Å²) in [6.45, 7) is 4.79. The van der Waals surface area contributed by atoms with E-state index in [1.165, 1.54) is 10.4 Å². The number of hydrogen-bond donors (Lipinski definition) is 1. The van der Waals surface area contributed by atoms with Gasteiger partial charge in [0.1, 0.15) is 0 Å². The zero-order chi connectivity index (χ0) is 12.5. The lowest BCUT2D eigenvalue weighted by atomic mass is 9.86. The molecule has 0 bridgehead atoms. The van der Waals surface area contributed by atoms with E-state index >= 15 is 0 Å². The number of hydrogen-bond acceptors (Lipinski definition) is 3. The fraction of sp³-hybridized carbons (Fsp3) is 0.643. The first-order chi connectivity index (χ1) is 8.75. The second kappa shape index (κ2) is 6.25. The van der Waals surface area contributed by atoms with Crippen molar-refractivity contribution in [3.63, 3.8) is 0 Å². The van der Waals surface area contributed by atoms with Gasteiger partial charge in [-0.1, -0.05) is 0 Å². The van der Waals surface area contributed by atoms with E-state index in [1.54, 1.807) is 0 Å². The maximum atomic E-state index is 12.7. The SMILES string of the molecule is CC1CN(C(=O)C2CCCc3sccc32)CCN1.Cl. The maximum Gasteiger partial charge on any atom is 0.230 e. The van der Waals surface area contributed by atoms with Gasteiger partial charge in [0.05, 0.1) is 5.92 Å². The van der Waals surface area contributed by atoms with E-state index in [1.807, 2.05) is 11.3 Å². The molecule has 1 fully saturated rings. The third-order valence-corrected chi connectivity index (χ3v) is 5.03. The molecule has 19 heavy (non-hydrogen) atoms. The average Bonchev–Trinajstić information content (AvgIpc) is 2.86. The lowest BCUT2D eigenvalue weighted by Crippen LogP contribution is -2.52. The first-order valence-electron chi connectivity index (χ1n) is 6.84. The molecule has 1 amide bonds. The summed E-state index contributed by atoms with van der Waals surface area (Å²) in [5, 5.41) is 5.53. The molecular weight excluding hydrogens is 280 g/mol. The Morgan fingerprint density at radius 3 is 3.16 bits per heavy atom. The fourth-order valence-electron chi connectivity index (χ4n) is 3.10. The Labute approximate surface area is 124 Å². The third-order valence-electron chi connectivity index (χ3n) is 4.03. The Morgan fingerprint density at radius 1 is 1.53 bits per heavy atom. The summed E-state index contributed by atoms with van der Waals surface area (Å²) in [4.78, 5) is 16.1. The van der Waals surface area contributed by atoms with Crippen LogP contribution in [-0.2, 0) is 11.2 Å². The quantitative estimate of drug-likeness (QED) is 0.864. The van der Waals surface area contributed by atoms with Crippen molar-refractivity contribution < 1.29 is 4.79 Å². The van der Waals surface area contributed by atoms with Gasteiger partial charge in [0, 0.05) is 30.6 Å². The molecule has 1 aliphatic heterocycles. The van der Waals surface area contributed by atoms with Crippen LogP contribution in [0.5, 0.6) is 0 Å². The number of piperazine rings is 1. The second-order valence-electron chi connectivity index (χ2n) is 5.38. The second-order valence-corrected chi connectivity index (χ2v) is 6.38. The summed E-state index contributed by atoms with van der Waals surface area (Å²) in [6, 6.07) is 2.58. The van der Waals surface area contributed by atoms with E-state index < -0.39 is 0 Å². The molecule has 0 spiro atoms.